The van der Waals surface area contributed by atoms with E-state index < -0.39 is 0 Å². The number of rotatable bonds is 5. The summed E-state index contributed by atoms with van der Waals surface area (Å²) < 4.78 is 12.4. The number of ether oxygens (including phenoxy) is 2. The number of hydrogen-bond donors (Lipinski definition) is 1. The summed E-state index contributed by atoms with van der Waals surface area (Å²) in [6.07, 6.45) is 0. The monoisotopic (exact) mass is 439 g/mol. The number of carbonyl (C=O) groups is 1. The van der Waals surface area contributed by atoms with Crippen molar-refractivity contribution in [1.82, 2.24) is 19.8 Å². The van der Waals surface area contributed by atoms with Crippen LogP contribution in [0.15, 0.2) is 59.8 Å². The third-order valence-electron chi connectivity index (χ3n) is 4.36. The first kappa shape index (κ1) is 18.7. The second-order valence-electron chi connectivity index (χ2n) is 6.38. The predicted molar refractivity (Wildman–Crippen MR) is 113 cm³/mol. The highest BCUT2D eigenvalue weighted by Crippen LogP contribution is 2.35. The van der Waals surface area contributed by atoms with Crippen molar-refractivity contribution in [3.05, 3.63) is 59.6 Å². The van der Waals surface area contributed by atoms with E-state index in [0.29, 0.717) is 33.0 Å². The fraction of sp³-hybridized carbons (Fsp3) is 0.100. The largest absolute Gasteiger partial charge is 0.454 e. The van der Waals surface area contributed by atoms with Crippen molar-refractivity contribution >= 4 is 40.6 Å². The van der Waals surface area contributed by atoms with Crippen LogP contribution < -0.4 is 14.8 Å². The zero-order valence-electron chi connectivity index (χ0n) is 15.4. The Kier molecular flexibility index (Phi) is 4.89. The molecular formula is C20H14ClN5O3S. The number of nitrogens with one attached hydrogen (secondary N) is 1. The number of anilines is 1. The molecule has 5 rings (SSSR count). The Bertz CT molecular complexity index is 1250. The van der Waals surface area contributed by atoms with Gasteiger partial charge in [-0.15, -0.1) is 10.2 Å². The molecule has 0 aliphatic carbocycles. The van der Waals surface area contributed by atoms with Gasteiger partial charge in [-0.1, -0.05) is 23.4 Å². The Balaban J connectivity index is 1.33. The van der Waals surface area contributed by atoms with Crippen molar-refractivity contribution in [2.75, 3.05) is 17.9 Å². The summed E-state index contributed by atoms with van der Waals surface area (Å²) >= 11 is 7.12. The second-order valence-corrected chi connectivity index (χ2v) is 7.76. The summed E-state index contributed by atoms with van der Waals surface area (Å²) in [4.78, 5) is 12.3. The zero-order chi connectivity index (χ0) is 20.5. The third kappa shape index (κ3) is 3.77. The van der Waals surface area contributed by atoms with Crippen molar-refractivity contribution < 1.29 is 14.3 Å². The third-order valence-corrected chi connectivity index (χ3v) is 5.53. The van der Waals surface area contributed by atoms with Crippen molar-refractivity contribution in [2.24, 2.45) is 0 Å². The quantitative estimate of drug-likeness (QED) is 0.471. The highest BCUT2D eigenvalue weighted by molar-refractivity contribution is 7.99. The van der Waals surface area contributed by atoms with Gasteiger partial charge in [-0.2, -0.15) is 9.61 Å². The van der Waals surface area contributed by atoms with Crippen LogP contribution in [0, 0.1) is 0 Å². The highest BCUT2D eigenvalue weighted by Gasteiger charge is 2.16. The SMILES string of the molecule is O=C(CSc1nnc2ccc(-c3ccc4c(c3)OCO4)nn12)Nc1ccc(Cl)cc1. The number of benzene rings is 2. The van der Waals surface area contributed by atoms with Crippen LogP contribution in [0.1, 0.15) is 0 Å². The first-order valence-corrected chi connectivity index (χ1v) is 10.3. The maximum atomic E-state index is 12.3. The maximum absolute atomic E-state index is 12.3. The van der Waals surface area contributed by atoms with Gasteiger partial charge in [0.25, 0.3) is 0 Å². The van der Waals surface area contributed by atoms with Crippen molar-refractivity contribution in [3.8, 4) is 22.8 Å². The Labute approximate surface area is 180 Å². The Hall–Kier alpha value is -3.30. The van der Waals surface area contributed by atoms with Gasteiger partial charge in [-0.25, -0.2) is 0 Å². The van der Waals surface area contributed by atoms with E-state index in [-0.39, 0.29) is 18.5 Å². The number of fused-ring (bicyclic) bond motifs is 2. The van der Waals surface area contributed by atoms with Crippen LogP contribution in [-0.4, -0.2) is 38.3 Å². The molecule has 1 amide bonds. The van der Waals surface area contributed by atoms with Crippen molar-refractivity contribution in [3.63, 3.8) is 0 Å². The van der Waals surface area contributed by atoms with E-state index in [0.717, 1.165) is 11.3 Å². The highest BCUT2D eigenvalue weighted by atomic mass is 35.5. The number of halogens is 1. The number of thioether (sulfide) groups is 1. The molecule has 3 heterocycles. The molecule has 0 bridgehead atoms. The number of aromatic nitrogens is 4. The van der Waals surface area contributed by atoms with Crippen molar-refractivity contribution in [1.29, 1.82) is 0 Å². The minimum absolute atomic E-state index is 0.161. The van der Waals surface area contributed by atoms with E-state index in [1.165, 1.54) is 11.8 Å². The van der Waals surface area contributed by atoms with Gasteiger partial charge in [0.05, 0.1) is 11.4 Å². The van der Waals surface area contributed by atoms with Crippen LogP contribution in [0.2, 0.25) is 5.02 Å². The van der Waals surface area contributed by atoms with Gasteiger partial charge in [-0.05, 0) is 54.6 Å². The maximum Gasteiger partial charge on any atom is 0.234 e. The molecule has 0 fully saturated rings. The smallest absolute Gasteiger partial charge is 0.234 e. The molecule has 0 atom stereocenters. The van der Waals surface area contributed by atoms with Crippen LogP contribution in [0.5, 0.6) is 11.5 Å². The standard InChI is InChI=1S/C20H14ClN5O3S/c21-13-2-4-14(5-3-13)22-19(27)10-30-20-24-23-18-8-6-15(25-26(18)20)12-1-7-16-17(9-12)29-11-28-16/h1-9H,10-11H2,(H,22,27). The lowest BCUT2D eigenvalue weighted by molar-refractivity contribution is -0.113. The van der Waals surface area contributed by atoms with Gasteiger partial charge >= 0.3 is 0 Å². The Morgan fingerprint density at radius 1 is 1.07 bits per heavy atom. The fourth-order valence-electron chi connectivity index (χ4n) is 2.93. The summed E-state index contributed by atoms with van der Waals surface area (Å²) in [6, 6.07) is 16.3. The van der Waals surface area contributed by atoms with Crippen molar-refractivity contribution in [2.45, 2.75) is 5.16 Å². The molecular weight excluding hydrogens is 426 g/mol. The van der Waals surface area contributed by atoms with Crippen LogP contribution in [-0.2, 0) is 4.79 Å². The molecule has 1 N–H and O–H groups in total. The molecule has 2 aromatic heterocycles. The van der Waals surface area contributed by atoms with Gasteiger partial charge in [-0.3, -0.25) is 4.79 Å². The average Bonchev–Trinajstić information content (AvgIpc) is 3.39. The van der Waals surface area contributed by atoms with Gasteiger partial charge in [0.1, 0.15) is 0 Å². The second kappa shape index (κ2) is 7.85. The number of nitrogens with zero attached hydrogens (tertiary/aromatic N) is 4. The van der Waals surface area contributed by atoms with E-state index in [9.17, 15) is 4.79 Å². The van der Waals surface area contributed by atoms with E-state index in [1.54, 1.807) is 28.8 Å². The molecule has 0 saturated carbocycles. The lowest BCUT2D eigenvalue weighted by atomic mass is 10.1. The van der Waals surface area contributed by atoms with E-state index >= 15 is 0 Å². The normalized spacial score (nSPS) is 12.3. The Morgan fingerprint density at radius 2 is 1.90 bits per heavy atom. The molecule has 0 spiro atoms. The topological polar surface area (TPSA) is 90.6 Å². The first-order valence-electron chi connectivity index (χ1n) is 8.96. The zero-order valence-corrected chi connectivity index (χ0v) is 17.0. The lowest BCUT2D eigenvalue weighted by Gasteiger charge is -2.05. The summed E-state index contributed by atoms with van der Waals surface area (Å²) in [5.74, 6) is 1.41. The molecule has 0 saturated heterocycles. The van der Waals surface area contributed by atoms with E-state index in [2.05, 4.69) is 20.6 Å². The van der Waals surface area contributed by atoms with Crippen LogP contribution in [0.25, 0.3) is 16.9 Å². The molecule has 2 aromatic carbocycles. The minimum Gasteiger partial charge on any atom is -0.454 e. The summed E-state index contributed by atoms with van der Waals surface area (Å²) in [6.45, 7) is 0.218. The first-order chi connectivity index (χ1) is 14.7. The average molecular weight is 440 g/mol. The molecule has 8 nitrogen and oxygen atoms in total. The fourth-order valence-corrected chi connectivity index (χ4v) is 3.74. The number of amides is 1. The molecule has 30 heavy (non-hydrogen) atoms. The van der Waals surface area contributed by atoms with Crippen LogP contribution in [0.4, 0.5) is 5.69 Å². The summed E-state index contributed by atoms with van der Waals surface area (Å²) in [5, 5.41) is 16.9. The molecule has 10 heteroatoms. The molecule has 0 radical (unpaired) electrons. The van der Waals surface area contributed by atoms with Crippen LogP contribution >= 0.6 is 23.4 Å². The van der Waals surface area contributed by atoms with Gasteiger partial charge in [0, 0.05) is 16.3 Å². The number of hydrogen-bond acceptors (Lipinski definition) is 7. The molecule has 1 aliphatic rings. The van der Waals surface area contributed by atoms with Gasteiger partial charge in [0.2, 0.25) is 17.9 Å². The van der Waals surface area contributed by atoms with Gasteiger partial charge in [0.15, 0.2) is 17.1 Å². The summed E-state index contributed by atoms with van der Waals surface area (Å²) in [7, 11) is 0. The predicted octanol–water partition coefficient (Wildman–Crippen LogP) is 3.90. The molecule has 1 aliphatic heterocycles. The molecule has 150 valence electrons. The summed E-state index contributed by atoms with van der Waals surface area (Å²) in [5.41, 5.74) is 2.89. The van der Waals surface area contributed by atoms with Crippen LogP contribution in [0.3, 0.4) is 0 Å². The van der Waals surface area contributed by atoms with E-state index in [1.807, 2.05) is 30.3 Å². The molecule has 0 unspecified atom stereocenters. The van der Waals surface area contributed by atoms with Gasteiger partial charge < -0.3 is 14.8 Å². The number of carbonyl (C=O) groups excluding carboxylic acids is 1. The lowest BCUT2D eigenvalue weighted by Crippen LogP contribution is -2.14. The van der Waals surface area contributed by atoms with E-state index in [4.69, 9.17) is 21.1 Å². The Morgan fingerprint density at radius 3 is 2.77 bits per heavy atom. The molecule has 4 aromatic rings. The minimum atomic E-state index is -0.161.